The van der Waals surface area contributed by atoms with Crippen LogP contribution in [0.1, 0.15) is 33.3 Å². The van der Waals surface area contributed by atoms with Crippen LogP contribution in [-0.2, 0) is 30.4 Å². The number of hydrogen-bond acceptors (Lipinski definition) is 6. The van der Waals surface area contributed by atoms with Crippen LogP contribution in [0.4, 0.5) is 4.79 Å². The van der Waals surface area contributed by atoms with Gasteiger partial charge in [0.25, 0.3) is 5.91 Å². The van der Waals surface area contributed by atoms with Gasteiger partial charge in [0.05, 0.1) is 20.3 Å². The van der Waals surface area contributed by atoms with Gasteiger partial charge in [0, 0.05) is 6.08 Å². The van der Waals surface area contributed by atoms with E-state index in [1.807, 2.05) is 30.3 Å². The number of esters is 1. The zero-order valence-corrected chi connectivity index (χ0v) is 16.3. The average Bonchev–Trinajstić information content (AvgIpc) is 2.84. The average molecular weight is 375 g/mol. The molecule has 0 fully saturated rings. The lowest BCUT2D eigenvalue weighted by Crippen LogP contribution is -2.60. The molecule has 0 spiro atoms. The molecular formula is C20H25NO6. The number of nitrogens with zero attached hydrogens (tertiary/aromatic N) is 1. The van der Waals surface area contributed by atoms with Crippen molar-refractivity contribution in [2.45, 2.75) is 45.4 Å². The summed E-state index contributed by atoms with van der Waals surface area (Å²) < 4.78 is 15.9. The lowest BCUT2D eigenvalue weighted by atomic mass is 9.92. The Morgan fingerprint density at radius 1 is 1.15 bits per heavy atom. The smallest absolute Gasteiger partial charge is 0.418 e. The van der Waals surface area contributed by atoms with E-state index in [4.69, 9.17) is 14.2 Å². The summed E-state index contributed by atoms with van der Waals surface area (Å²) in [6.45, 7) is 6.60. The summed E-state index contributed by atoms with van der Waals surface area (Å²) in [5, 5.41) is 0. The van der Waals surface area contributed by atoms with E-state index in [1.165, 1.54) is 13.2 Å². The molecule has 0 bridgehead atoms. The van der Waals surface area contributed by atoms with E-state index < -0.39 is 29.1 Å². The second-order valence-corrected chi connectivity index (χ2v) is 7.31. The quantitative estimate of drug-likeness (QED) is 0.736. The van der Waals surface area contributed by atoms with Gasteiger partial charge in [-0.3, -0.25) is 4.79 Å². The number of amides is 2. The maximum Gasteiger partial charge on any atom is 0.418 e. The lowest BCUT2D eigenvalue weighted by molar-refractivity contribution is -0.159. The second kappa shape index (κ2) is 7.92. The summed E-state index contributed by atoms with van der Waals surface area (Å²) in [5.41, 5.74) is -1.27. The Labute approximate surface area is 158 Å². The van der Waals surface area contributed by atoms with E-state index in [2.05, 4.69) is 0 Å². The lowest BCUT2D eigenvalue weighted by Gasteiger charge is -2.36. The van der Waals surface area contributed by atoms with Crippen molar-refractivity contribution in [3.05, 3.63) is 47.5 Å². The zero-order chi connectivity index (χ0) is 20.2. The fraction of sp³-hybridized carbons (Fsp3) is 0.450. The topological polar surface area (TPSA) is 82.1 Å². The van der Waals surface area contributed by atoms with Crippen molar-refractivity contribution in [1.29, 1.82) is 0 Å². The monoisotopic (exact) mass is 375 g/mol. The Hall–Kier alpha value is -2.67. The van der Waals surface area contributed by atoms with Gasteiger partial charge in [0.2, 0.25) is 0 Å². The van der Waals surface area contributed by atoms with Gasteiger partial charge in [-0.15, -0.1) is 0 Å². The minimum atomic E-state index is -1.69. The van der Waals surface area contributed by atoms with E-state index in [0.29, 0.717) is 5.57 Å². The van der Waals surface area contributed by atoms with Crippen molar-refractivity contribution in [2.24, 2.45) is 0 Å². The Balaban J connectivity index is 2.31. The van der Waals surface area contributed by atoms with Gasteiger partial charge in [-0.2, -0.15) is 0 Å². The van der Waals surface area contributed by atoms with Crippen LogP contribution < -0.4 is 0 Å². The van der Waals surface area contributed by atoms with E-state index in [0.717, 1.165) is 10.5 Å². The van der Waals surface area contributed by atoms with Crippen LogP contribution in [0.2, 0.25) is 0 Å². The van der Waals surface area contributed by atoms with E-state index in [9.17, 15) is 14.4 Å². The molecule has 1 aromatic rings. The van der Waals surface area contributed by atoms with Gasteiger partial charge in [0.1, 0.15) is 5.60 Å². The second-order valence-electron chi connectivity index (χ2n) is 7.31. The molecule has 27 heavy (non-hydrogen) atoms. The molecule has 1 atom stereocenters. The SMILES string of the molecule is COC(=O)C1(COCc2ccccc2)C(C)=CC(=O)N1C(=O)OC(C)(C)C. The normalized spacial score (nSPS) is 19.7. The van der Waals surface area contributed by atoms with Crippen LogP contribution in [0, 0.1) is 0 Å². The minimum absolute atomic E-state index is 0.212. The van der Waals surface area contributed by atoms with Gasteiger partial charge < -0.3 is 14.2 Å². The van der Waals surface area contributed by atoms with Gasteiger partial charge >= 0.3 is 12.1 Å². The molecular weight excluding hydrogens is 350 g/mol. The first-order valence-corrected chi connectivity index (χ1v) is 8.58. The Kier molecular flexibility index (Phi) is 6.05. The Morgan fingerprint density at radius 3 is 2.33 bits per heavy atom. The Morgan fingerprint density at radius 2 is 1.78 bits per heavy atom. The highest BCUT2D eigenvalue weighted by Gasteiger charge is 2.57. The first-order valence-electron chi connectivity index (χ1n) is 8.58. The molecule has 0 aromatic heterocycles. The predicted octanol–water partition coefficient (Wildman–Crippen LogP) is 2.84. The molecule has 0 saturated carbocycles. The van der Waals surface area contributed by atoms with Crippen LogP contribution in [0.25, 0.3) is 0 Å². The van der Waals surface area contributed by atoms with Crippen LogP contribution in [0.5, 0.6) is 0 Å². The first kappa shape index (κ1) is 20.6. The van der Waals surface area contributed by atoms with Crippen LogP contribution >= 0.6 is 0 Å². The third-order valence-electron chi connectivity index (χ3n) is 4.12. The molecule has 0 radical (unpaired) electrons. The molecule has 1 aromatic carbocycles. The van der Waals surface area contributed by atoms with Crippen molar-refractivity contribution in [1.82, 2.24) is 4.90 Å². The maximum atomic E-state index is 12.7. The zero-order valence-electron chi connectivity index (χ0n) is 16.3. The predicted molar refractivity (Wildman–Crippen MR) is 97.7 cm³/mol. The summed E-state index contributed by atoms with van der Waals surface area (Å²) >= 11 is 0. The number of methoxy groups -OCH3 is 1. The number of benzene rings is 1. The van der Waals surface area contributed by atoms with Crippen molar-refractivity contribution in [2.75, 3.05) is 13.7 Å². The fourth-order valence-corrected chi connectivity index (χ4v) is 2.84. The van der Waals surface area contributed by atoms with Crippen molar-refractivity contribution < 1.29 is 28.6 Å². The summed E-state index contributed by atoms with van der Waals surface area (Å²) in [7, 11) is 1.20. The van der Waals surface area contributed by atoms with E-state index >= 15 is 0 Å². The number of carbonyl (C=O) groups excluding carboxylic acids is 3. The van der Waals surface area contributed by atoms with Crippen molar-refractivity contribution in [3.63, 3.8) is 0 Å². The van der Waals surface area contributed by atoms with Crippen molar-refractivity contribution in [3.8, 4) is 0 Å². The van der Waals surface area contributed by atoms with Gasteiger partial charge in [-0.05, 0) is 38.8 Å². The Bertz CT molecular complexity index is 749. The number of carbonyl (C=O) groups is 3. The maximum absolute atomic E-state index is 12.7. The molecule has 2 rings (SSSR count). The fourth-order valence-electron chi connectivity index (χ4n) is 2.84. The summed E-state index contributed by atoms with van der Waals surface area (Å²) in [5.74, 6) is -1.41. The molecule has 146 valence electrons. The molecule has 1 heterocycles. The van der Waals surface area contributed by atoms with Gasteiger partial charge in [-0.1, -0.05) is 30.3 Å². The van der Waals surface area contributed by atoms with E-state index in [-0.39, 0.29) is 13.2 Å². The summed E-state index contributed by atoms with van der Waals surface area (Å²) in [4.78, 5) is 38.6. The van der Waals surface area contributed by atoms with Crippen LogP contribution in [0.15, 0.2) is 42.0 Å². The standard InChI is InChI=1S/C20H25NO6/c1-14-11-16(22)21(18(24)27-19(2,3)4)20(14,17(23)25-5)13-26-12-15-9-7-6-8-10-15/h6-11H,12-13H2,1-5H3. The number of rotatable bonds is 5. The van der Waals surface area contributed by atoms with Gasteiger partial charge in [-0.25, -0.2) is 14.5 Å². The molecule has 0 N–H and O–H groups in total. The number of imide groups is 1. The number of ether oxygens (including phenoxy) is 3. The first-order chi connectivity index (χ1) is 12.6. The largest absolute Gasteiger partial charge is 0.467 e. The summed E-state index contributed by atoms with van der Waals surface area (Å²) in [6.07, 6.45) is 0.307. The van der Waals surface area contributed by atoms with Gasteiger partial charge in [0.15, 0.2) is 5.54 Å². The third-order valence-corrected chi connectivity index (χ3v) is 4.12. The molecule has 7 nitrogen and oxygen atoms in total. The molecule has 0 aliphatic carbocycles. The highest BCUT2D eigenvalue weighted by atomic mass is 16.6. The molecule has 2 amide bonds. The third kappa shape index (κ3) is 4.36. The minimum Gasteiger partial charge on any atom is -0.467 e. The molecule has 1 aliphatic heterocycles. The summed E-state index contributed by atoms with van der Waals surface area (Å²) in [6, 6.07) is 9.36. The highest BCUT2D eigenvalue weighted by molar-refractivity contribution is 6.09. The van der Waals surface area contributed by atoms with Crippen LogP contribution in [0.3, 0.4) is 0 Å². The molecule has 1 unspecified atom stereocenters. The highest BCUT2D eigenvalue weighted by Crippen LogP contribution is 2.34. The molecule has 1 aliphatic rings. The molecule has 0 saturated heterocycles. The number of hydrogen-bond donors (Lipinski definition) is 0. The van der Waals surface area contributed by atoms with Crippen molar-refractivity contribution >= 4 is 18.0 Å². The van der Waals surface area contributed by atoms with Crippen LogP contribution in [-0.4, -0.2) is 47.7 Å². The molecule has 7 heteroatoms. The van der Waals surface area contributed by atoms with E-state index in [1.54, 1.807) is 27.7 Å².